The lowest BCUT2D eigenvalue weighted by molar-refractivity contribution is -0.162. The van der Waals surface area contributed by atoms with Gasteiger partial charge >= 0.3 is 5.97 Å². The Hall–Kier alpha value is -0.610. The van der Waals surface area contributed by atoms with Crippen molar-refractivity contribution in [2.24, 2.45) is 17.8 Å². The van der Waals surface area contributed by atoms with E-state index in [1.165, 1.54) is 6.92 Å². The maximum atomic E-state index is 10.9. The topological polar surface area (TPSA) is 55.8 Å². The number of carbonyl (C=O) groups is 1. The van der Waals surface area contributed by atoms with Gasteiger partial charge in [0.2, 0.25) is 0 Å². The van der Waals surface area contributed by atoms with Crippen molar-refractivity contribution in [3.05, 3.63) is 0 Å². The zero-order chi connectivity index (χ0) is 9.87. The Kier molecular flexibility index (Phi) is 1.67. The van der Waals surface area contributed by atoms with Crippen molar-refractivity contribution in [1.82, 2.24) is 0 Å². The van der Waals surface area contributed by atoms with Crippen LogP contribution in [-0.4, -0.2) is 29.6 Å². The van der Waals surface area contributed by atoms with Gasteiger partial charge in [0.05, 0.1) is 0 Å². The number of fused-ring (bicyclic) bond motifs is 1. The van der Waals surface area contributed by atoms with E-state index in [9.17, 15) is 9.90 Å². The first kappa shape index (κ1) is 8.68. The van der Waals surface area contributed by atoms with Crippen LogP contribution in [-0.2, 0) is 14.3 Å². The van der Waals surface area contributed by atoms with Crippen LogP contribution in [0.15, 0.2) is 0 Å². The average molecular weight is 198 g/mol. The standard InChI is InChI=1S/C10H14O4/c1-4(11)13-8-5-2-6-7(3-5)10(12)14-9(6)8/h5-10,12H,2-3H2,1H3. The summed E-state index contributed by atoms with van der Waals surface area (Å²) >= 11 is 0. The van der Waals surface area contributed by atoms with E-state index in [0.29, 0.717) is 11.8 Å². The van der Waals surface area contributed by atoms with Crippen molar-refractivity contribution >= 4 is 5.97 Å². The molecular formula is C10H14O4. The highest BCUT2D eigenvalue weighted by Gasteiger charge is 2.62. The highest BCUT2D eigenvalue weighted by molar-refractivity contribution is 5.66. The Morgan fingerprint density at radius 3 is 2.86 bits per heavy atom. The summed E-state index contributed by atoms with van der Waals surface area (Å²) in [6, 6.07) is 0. The van der Waals surface area contributed by atoms with E-state index in [-0.39, 0.29) is 24.1 Å². The van der Waals surface area contributed by atoms with Crippen LogP contribution in [0.25, 0.3) is 0 Å². The van der Waals surface area contributed by atoms with Gasteiger partial charge in [0.1, 0.15) is 12.2 Å². The summed E-state index contributed by atoms with van der Waals surface area (Å²) in [6.07, 6.45) is 1.21. The highest BCUT2D eigenvalue weighted by Crippen LogP contribution is 2.56. The molecule has 2 saturated carbocycles. The van der Waals surface area contributed by atoms with Crippen LogP contribution in [0.2, 0.25) is 0 Å². The molecule has 3 aliphatic rings. The monoisotopic (exact) mass is 198 g/mol. The van der Waals surface area contributed by atoms with Crippen molar-refractivity contribution < 1.29 is 19.4 Å². The summed E-state index contributed by atoms with van der Waals surface area (Å²) in [6.45, 7) is 1.43. The third-order valence-corrected chi connectivity index (χ3v) is 3.88. The molecule has 2 bridgehead atoms. The number of esters is 1. The first-order chi connectivity index (χ1) is 6.66. The van der Waals surface area contributed by atoms with Crippen molar-refractivity contribution in [2.45, 2.75) is 38.3 Å². The molecule has 1 N–H and O–H groups in total. The predicted octanol–water partition coefficient (Wildman–Crippen LogP) is 0.291. The van der Waals surface area contributed by atoms with Crippen molar-refractivity contribution in [1.29, 1.82) is 0 Å². The lowest BCUT2D eigenvalue weighted by Crippen LogP contribution is -2.35. The van der Waals surface area contributed by atoms with Gasteiger partial charge in [-0.15, -0.1) is 0 Å². The Morgan fingerprint density at radius 2 is 2.14 bits per heavy atom. The number of hydrogen-bond donors (Lipinski definition) is 1. The van der Waals surface area contributed by atoms with Gasteiger partial charge in [-0.05, 0) is 24.7 Å². The minimum Gasteiger partial charge on any atom is -0.459 e. The summed E-state index contributed by atoms with van der Waals surface area (Å²) < 4.78 is 10.7. The van der Waals surface area contributed by atoms with Gasteiger partial charge in [0.15, 0.2) is 6.29 Å². The molecule has 1 saturated heterocycles. The smallest absolute Gasteiger partial charge is 0.303 e. The SMILES string of the molecule is CC(=O)OC1C2CC3C(O)OC1C3C2. The van der Waals surface area contributed by atoms with E-state index in [0.717, 1.165) is 12.8 Å². The minimum absolute atomic E-state index is 0.0438. The molecule has 4 heteroatoms. The summed E-state index contributed by atoms with van der Waals surface area (Å²) in [5.74, 6) is 0.872. The predicted molar refractivity (Wildman–Crippen MR) is 46.1 cm³/mol. The number of carbonyl (C=O) groups excluding carboxylic acids is 1. The van der Waals surface area contributed by atoms with Crippen LogP contribution in [0.3, 0.4) is 0 Å². The first-order valence-electron chi connectivity index (χ1n) is 5.17. The molecule has 0 aromatic heterocycles. The van der Waals surface area contributed by atoms with Crippen LogP contribution in [0.4, 0.5) is 0 Å². The van der Waals surface area contributed by atoms with Crippen molar-refractivity contribution in [3.8, 4) is 0 Å². The average Bonchev–Trinajstić information content (AvgIpc) is 2.67. The lowest BCUT2D eigenvalue weighted by Gasteiger charge is -2.25. The summed E-state index contributed by atoms with van der Waals surface area (Å²) in [5, 5.41) is 9.59. The lowest BCUT2D eigenvalue weighted by atomic mass is 9.87. The fourth-order valence-electron chi connectivity index (χ4n) is 3.43. The zero-order valence-corrected chi connectivity index (χ0v) is 8.05. The minimum atomic E-state index is -0.629. The second-order valence-corrected chi connectivity index (χ2v) is 4.62. The molecule has 3 rings (SSSR count). The van der Waals surface area contributed by atoms with E-state index >= 15 is 0 Å². The second kappa shape index (κ2) is 2.70. The Balaban J connectivity index is 1.81. The molecule has 0 aromatic rings. The molecule has 0 spiro atoms. The van der Waals surface area contributed by atoms with Gasteiger partial charge in [-0.2, -0.15) is 0 Å². The molecule has 6 unspecified atom stereocenters. The van der Waals surface area contributed by atoms with E-state index in [1.54, 1.807) is 0 Å². The number of hydrogen-bond acceptors (Lipinski definition) is 4. The largest absolute Gasteiger partial charge is 0.459 e. The normalized spacial score (nSPS) is 53.9. The highest BCUT2D eigenvalue weighted by atomic mass is 16.6. The molecule has 0 aromatic carbocycles. The molecule has 2 aliphatic carbocycles. The van der Waals surface area contributed by atoms with Gasteiger partial charge in [0.25, 0.3) is 0 Å². The fourth-order valence-corrected chi connectivity index (χ4v) is 3.43. The van der Waals surface area contributed by atoms with Gasteiger partial charge in [-0.1, -0.05) is 0 Å². The van der Waals surface area contributed by atoms with Crippen molar-refractivity contribution in [2.75, 3.05) is 0 Å². The Morgan fingerprint density at radius 1 is 1.43 bits per heavy atom. The number of aliphatic hydroxyl groups is 1. The van der Waals surface area contributed by atoms with E-state index in [4.69, 9.17) is 9.47 Å². The molecule has 14 heavy (non-hydrogen) atoms. The first-order valence-corrected chi connectivity index (χ1v) is 5.17. The molecule has 1 aliphatic heterocycles. The van der Waals surface area contributed by atoms with Crippen LogP contribution in [0.5, 0.6) is 0 Å². The number of ether oxygens (including phenoxy) is 2. The number of rotatable bonds is 1. The van der Waals surface area contributed by atoms with E-state index in [2.05, 4.69) is 0 Å². The zero-order valence-electron chi connectivity index (χ0n) is 8.05. The second-order valence-electron chi connectivity index (χ2n) is 4.62. The van der Waals surface area contributed by atoms with Gasteiger partial charge < -0.3 is 14.6 Å². The fraction of sp³-hybridized carbons (Fsp3) is 0.900. The van der Waals surface area contributed by atoms with Crippen LogP contribution < -0.4 is 0 Å². The molecule has 4 nitrogen and oxygen atoms in total. The molecule has 3 fully saturated rings. The van der Waals surface area contributed by atoms with Crippen LogP contribution in [0.1, 0.15) is 19.8 Å². The molecule has 6 atom stereocenters. The van der Waals surface area contributed by atoms with Crippen molar-refractivity contribution in [3.63, 3.8) is 0 Å². The molecule has 1 heterocycles. The van der Waals surface area contributed by atoms with E-state index < -0.39 is 6.29 Å². The Bertz CT molecular complexity index is 277. The summed E-state index contributed by atoms with van der Waals surface area (Å²) in [4.78, 5) is 10.9. The third-order valence-electron chi connectivity index (χ3n) is 3.88. The van der Waals surface area contributed by atoms with Gasteiger partial charge in [-0.25, -0.2) is 0 Å². The molecule has 0 amide bonds. The Labute approximate surface area is 82.2 Å². The molecule has 0 radical (unpaired) electrons. The van der Waals surface area contributed by atoms with E-state index in [1.807, 2.05) is 0 Å². The quantitative estimate of drug-likeness (QED) is 0.615. The van der Waals surface area contributed by atoms with Gasteiger partial charge in [0, 0.05) is 12.8 Å². The van der Waals surface area contributed by atoms with Gasteiger partial charge in [-0.3, -0.25) is 4.79 Å². The van der Waals surface area contributed by atoms with Crippen LogP contribution >= 0.6 is 0 Å². The summed E-state index contributed by atoms with van der Waals surface area (Å²) in [7, 11) is 0. The summed E-state index contributed by atoms with van der Waals surface area (Å²) in [5.41, 5.74) is 0. The third kappa shape index (κ3) is 0.982. The number of aliphatic hydroxyl groups excluding tert-OH is 1. The maximum absolute atomic E-state index is 10.9. The maximum Gasteiger partial charge on any atom is 0.303 e. The molecule has 78 valence electrons. The molecular weight excluding hydrogens is 184 g/mol. The van der Waals surface area contributed by atoms with Crippen LogP contribution in [0, 0.1) is 17.8 Å².